The highest BCUT2D eigenvalue weighted by Crippen LogP contribution is 2.21. The Morgan fingerprint density at radius 1 is 1.14 bits per heavy atom. The number of amides is 1. The SMILES string of the molecule is CCCCCOc1ccccc1/C=N\NC(=O)C1CC(c2ccccc2)NN1. The van der Waals surface area contributed by atoms with Crippen molar-refractivity contribution < 1.29 is 9.53 Å². The van der Waals surface area contributed by atoms with E-state index in [1.54, 1.807) is 6.21 Å². The number of hydrazine groups is 1. The molecule has 0 saturated carbocycles. The van der Waals surface area contributed by atoms with Crippen molar-refractivity contribution in [1.82, 2.24) is 16.3 Å². The smallest absolute Gasteiger partial charge is 0.258 e. The number of hydrazone groups is 1. The first-order valence-electron chi connectivity index (χ1n) is 9.88. The maximum atomic E-state index is 12.4. The van der Waals surface area contributed by atoms with Crippen molar-refractivity contribution in [2.45, 2.75) is 44.7 Å². The average molecular weight is 380 g/mol. The van der Waals surface area contributed by atoms with Crippen molar-refractivity contribution in [3.05, 3.63) is 65.7 Å². The van der Waals surface area contributed by atoms with E-state index in [2.05, 4.69) is 40.4 Å². The van der Waals surface area contributed by atoms with Gasteiger partial charge in [-0.3, -0.25) is 4.79 Å². The number of unbranched alkanes of at least 4 members (excludes halogenated alkanes) is 2. The number of benzene rings is 2. The number of hydrogen-bond acceptors (Lipinski definition) is 5. The van der Waals surface area contributed by atoms with Crippen LogP contribution < -0.4 is 21.0 Å². The molecule has 1 fully saturated rings. The number of hydrogen-bond donors (Lipinski definition) is 3. The van der Waals surface area contributed by atoms with Crippen LogP contribution >= 0.6 is 0 Å². The molecule has 2 unspecified atom stereocenters. The Kier molecular flexibility index (Phi) is 7.58. The highest BCUT2D eigenvalue weighted by atomic mass is 16.5. The number of rotatable bonds is 9. The fraction of sp³-hybridized carbons (Fsp3) is 0.364. The number of nitrogens with one attached hydrogen (secondary N) is 3. The normalized spacial score (nSPS) is 19.0. The van der Waals surface area contributed by atoms with Gasteiger partial charge in [-0.15, -0.1) is 0 Å². The van der Waals surface area contributed by atoms with Crippen LogP contribution in [0.5, 0.6) is 5.75 Å². The lowest BCUT2D eigenvalue weighted by Crippen LogP contribution is -2.41. The monoisotopic (exact) mass is 380 g/mol. The molecule has 28 heavy (non-hydrogen) atoms. The molecular formula is C22H28N4O2. The van der Waals surface area contributed by atoms with Crippen molar-refractivity contribution in [2.24, 2.45) is 5.10 Å². The summed E-state index contributed by atoms with van der Waals surface area (Å²) in [6, 6.07) is 17.6. The van der Waals surface area contributed by atoms with Gasteiger partial charge in [0.2, 0.25) is 0 Å². The van der Waals surface area contributed by atoms with Gasteiger partial charge in [0.15, 0.2) is 0 Å². The fourth-order valence-corrected chi connectivity index (χ4v) is 3.13. The summed E-state index contributed by atoms with van der Waals surface area (Å²) in [4.78, 5) is 12.4. The standard InChI is InChI=1S/C22H28N4O2/c1-2-3-9-14-28-21-13-8-7-12-18(21)16-23-26-22(27)20-15-19(24-25-20)17-10-5-4-6-11-17/h4-8,10-13,16,19-20,24-25H,2-3,9,14-15H2,1H3,(H,26,27)/b23-16-. The lowest BCUT2D eigenvalue weighted by molar-refractivity contribution is -0.122. The van der Waals surface area contributed by atoms with E-state index in [1.165, 1.54) is 0 Å². The number of nitrogens with zero attached hydrogens (tertiary/aromatic N) is 1. The quantitative estimate of drug-likeness (QED) is 0.354. The van der Waals surface area contributed by atoms with Crippen LogP contribution in [0.1, 0.15) is 49.8 Å². The van der Waals surface area contributed by atoms with Gasteiger partial charge in [-0.1, -0.05) is 62.2 Å². The summed E-state index contributed by atoms with van der Waals surface area (Å²) in [6.07, 6.45) is 5.64. The molecule has 2 atom stereocenters. The summed E-state index contributed by atoms with van der Waals surface area (Å²) < 4.78 is 5.83. The van der Waals surface area contributed by atoms with E-state index in [1.807, 2.05) is 42.5 Å². The molecule has 0 bridgehead atoms. The van der Waals surface area contributed by atoms with Crippen LogP contribution in [0.3, 0.4) is 0 Å². The summed E-state index contributed by atoms with van der Waals surface area (Å²) in [5.41, 5.74) is 10.8. The zero-order chi connectivity index (χ0) is 19.6. The van der Waals surface area contributed by atoms with Gasteiger partial charge in [0.1, 0.15) is 11.8 Å². The van der Waals surface area contributed by atoms with Crippen LogP contribution in [0.25, 0.3) is 0 Å². The zero-order valence-electron chi connectivity index (χ0n) is 16.2. The van der Waals surface area contributed by atoms with Gasteiger partial charge in [0.05, 0.1) is 12.8 Å². The molecule has 148 valence electrons. The van der Waals surface area contributed by atoms with E-state index in [9.17, 15) is 4.79 Å². The molecule has 6 nitrogen and oxygen atoms in total. The molecule has 3 N–H and O–H groups in total. The third-order valence-electron chi connectivity index (χ3n) is 4.72. The van der Waals surface area contributed by atoms with E-state index in [4.69, 9.17) is 4.74 Å². The maximum absolute atomic E-state index is 12.4. The predicted molar refractivity (Wildman–Crippen MR) is 111 cm³/mol. The third-order valence-corrected chi connectivity index (χ3v) is 4.72. The molecule has 6 heteroatoms. The second kappa shape index (κ2) is 10.6. The Bertz CT molecular complexity index is 779. The van der Waals surface area contributed by atoms with Gasteiger partial charge in [-0.25, -0.2) is 16.3 Å². The summed E-state index contributed by atoms with van der Waals surface area (Å²) >= 11 is 0. The number of ether oxygens (including phenoxy) is 1. The van der Waals surface area contributed by atoms with Crippen LogP contribution in [-0.4, -0.2) is 24.8 Å². The van der Waals surface area contributed by atoms with Crippen LogP contribution in [0.15, 0.2) is 59.7 Å². The Morgan fingerprint density at radius 2 is 1.93 bits per heavy atom. The van der Waals surface area contributed by atoms with Crippen molar-refractivity contribution in [2.75, 3.05) is 6.61 Å². The first kappa shape index (κ1) is 20.0. The fourth-order valence-electron chi connectivity index (χ4n) is 3.13. The molecular weight excluding hydrogens is 352 g/mol. The molecule has 1 aliphatic rings. The van der Waals surface area contributed by atoms with E-state index in [0.29, 0.717) is 13.0 Å². The summed E-state index contributed by atoms with van der Waals surface area (Å²) in [5, 5.41) is 4.12. The van der Waals surface area contributed by atoms with E-state index in [-0.39, 0.29) is 18.0 Å². The summed E-state index contributed by atoms with van der Waals surface area (Å²) in [5.74, 6) is 0.616. The second-order valence-corrected chi connectivity index (χ2v) is 6.87. The number of carbonyl (C=O) groups excluding carboxylic acids is 1. The molecule has 2 aromatic carbocycles. The number of para-hydroxylation sites is 1. The summed E-state index contributed by atoms with van der Waals surface area (Å²) in [6.45, 7) is 2.85. The number of carbonyl (C=O) groups is 1. The topological polar surface area (TPSA) is 74.8 Å². The highest BCUT2D eigenvalue weighted by Gasteiger charge is 2.29. The minimum Gasteiger partial charge on any atom is -0.493 e. The summed E-state index contributed by atoms with van der Waals surface area (Å²) in [7, 11) is 0. The van der Waals surface area contributed by atoms with E-state index in [0.717, 1.165) is 36.1 Å². The van der Waals surface area contributed by atoms with E-state index >= 15 is 0 Å². The van der Waals surface area contributed by atoms with Crippen LogP contribution in [-0.2, 0) is 4.79 Å². The molecule has 1 heterocycles. The largest absolute Gasteiger partial charge is 0.493 e. The lowest BCUT2D eigenvalue weighted by atomic mass is 10.0. The first-order chi connectivity index (χ1) is 13.8. The Morgan fingerprint density at radius 3 is 2.75 bits per heavy atom. The van der Waals surface area contributed by atoms with Crippen LogP contribution in [0.2, 0.25) is 0 Å². The molecule has 0 radical (unpaired) electrons. The van der Waals surface area contributed by atoms with Gasteiger partial charge in [0, 0.05) is 11.6 Å². The van der Waals surface area contributed by atoms with Gasteiger partial charge >= 0.3 is 0 Å². The van der Waals surface area contributed by atoms with Crippen molar-refractivity contribution >= 4 is 12.1 Å². The molecule has 0 aliphatic carbocycles. The van der Waals surface area contributed by atoms with E-state index < -0.39 is 0 Å². The molecule has 0 spiro atoms. The Hall–Kier alpha value is -2.70. The minimum absolute atomic E-state index is 0.109. The van der Waals surface area contributed by atoms with Crippen molar-refractivity contribution in [3.8, 4) is 5.75 Å². The minimum atomic E-state index is -0.331. The zero-order valence-corrected chi connectivity index (χ0v) is 16.2. The lowest BCUT2D eigenvalue weighted by Gasteiger charge is -2.09. The van der Waals surface area contributed by atoms with Crippen LogP contribution in [0, 0.1) is 0 Å². The van der Waals surface area contributed by atoms with Gasteiger partial charge in [-0.2, -0.15) is 5.10 Å². The Balaban J connectivity index is 1.50. The van der Waals surface area contributed by atoms with Gasteiger partial charge in [-0.05, 0) is 30.5 Å². The maximum Gasteiger partial charge on any atom is 0.258 e. The highest BCUT2D eigenvalue weighted by molar-refractivity contribution is 5.86. The predicted octanol–water partition coefficient (Wildman–Crippen LogP) is 3.31. The first-order valence-corrected chi connectivity index (χ1v) is 9.88. The second-order valence-electron chi connectivity index (χ2n) is 6.87. The van der Waals surface area contributed by atoms with Crippen molar-refractivity contribution in [1.29, 1.82) is 0 Å². The van der Waals surface area contributed by atoms with Crippen molar-refractivity contribution in [3.63, 3.8) is 0 Å². The molecule has 0 aromatic heterocycles. The Labute approximate surface area is 166 Å². The van der Waals surface area contributed by atoms with Gasteiger partial charge < -0.3 is 4.74 Å². The van der Waals surface area contributed by atoms with Crippen LogP contribution in [0.4, 0.5) is 0 Å². The molecule has 2 aromatic rings. The van der Waals surface area contributed by atoms with Gasteiger partial charge in [0.25, 0.3) is 5.91 Å². The molecule has 1 aliphatic heterocycles. The average Bonchev–Trinajstić information content (AvgIpc) is 3.23. The molecule has 3 rings (SSSR count). The molecule has 1 saturated heterocycles. The molecule has 1 amide bonds. The third kappa shape index (κ3) is 5.65.